The lowest BCUT2D eigenvalue weighted by atomic mass is 10.2. The molecule has 1 saturated heterocycles. The van der Waals surface area contributed by atoms with E-state index >= 15 is 0 Å². The molecule has 0 saturated carbocycles. The van der Waals surface area contributed by atoms with Gasteiger partial charge < -0.3 is 5.73 Å². The Morgan fingerprint density at radius 3 is 2.89 bits per heavy atom. The summed E-state index contributed by atoms with van der Waals surface area (Å²) in [7, 11) is -3.93. The largest absolute Gasteiger partial charge is 0.399 e. The molecule has 1 atom stereocenters. The van der Waals surface area contributed by atoms with E-state index in [0.717, 1.165) is 24.7 Å². The Morgan fingerprint density at radius 2 is 2.26 bits per heavy atom. The Balaban J connectivity index is 2.19. The van der Waals surface area contributed by atoms with Crippen LogP contribution in [0.5, 0.6) is 0 Å². The number of anilines is 1. The molecule has 0 radical (unpaired) electrons. The Hall–Kier alpha value is -0.500. The molecule has 0 aromatic heterocycles. The van der Waals surface area contributed by atoms with Gasteiger partial charge in [0.25, 0.3) is 0 Å². The van der Waals surface area contributed by atoms with Gasteiger partial charge >= 0.3 is 0 Å². The summed E-state index contributed by atoms with van der Waals surface area (Å²) in [4.78, 5) is -0.500. The van der Waals surface area contributed by atoms with Crippen LogP contribution in [0.2, 0.25) is 5.02 Å². The maximum atomic E-state index is 13.8. The zero-order chi connectivity index (χ0) is 14.0. The predicted molar refractivity (Wildman–Crippen MR) is 76.5 cm³/mol. The smallest absolute Gasteiger partial charge is 0.243 e. The van der Waals surface area contributed by atoms with Crippen LogP contribution in [-0.2, 0) is 10.0 Å². The highest BCUT2D eigenvalue weighted by Gasteiger charge is 2.24. The topological polar surface area (TPSA) is 72.2 Å². The molecule has 0 amide bonds. The summed E-state index contributed by atoms with van der Waals surface area (Å²) in [5.41, 5.74) is 5.61. The van der Waals surface area contributed by atoms with Gasteiger partial charge in [0.05, 0.1) is 5.02 Å². The monoisotopic (exact) mass is 324 g/mol. The molecule has 2 rings (SSSR count). The quantitative estimate of drug-likeness (QED) is 0.833. The van der Waals surface area contributed by atoms with Crippen LogP contribution >= 0.6 is 23.4 Å². The molecule has 1 fully saturated rings. The molecule has 3 N–H and O–H groups in total. The second-order valence-electron chi connectivity index (χ2n) is 4.30. The highest BCUT2D eigenvalue weighted by atomic mass is 35.5. The number of nitrogens with two attached hydrogens (primary N) is 1. The number of halogens is 2. The summed E-state index contributed by atoms with van der Waals surface area (Å²) in [6, 6.07) is 2.26. The van der Waals surface area contributed by atoms with Gasteiger partial charge in [0.15, 0.2) is 5.82 Å². The van der Waals surface area contributed by atoms with Crippen molar-refractivity contribution in [2.24, 2.45) is 0 Å². The van der Waals surface area contributed by atoms with Crippen LogP contribution in [0.1, 0.15) is 12.8 Å². The zero-order valence-electron chi connectivity index (χ0n) is 10.0. The van der Waals surface area contributed by atoms with Crippen LogP contribution in [0.25, 0.3) is 0 Å². The standard InChI is InChI=1S/C11H14ClFN2O2S2/c12-9-4-7(14)5-10(11(9)13)19(16,17)15-6-8-2-1-3-18-8/h4-5,8,15H,1-3,6,14H2. The van der Waals surface area contributed by atoms with Crippen LogP contribution in [0.3, 0.4) is 0 Å². The van der Waals surface area contributed by atoms with Crippen molar-refractivity contribution >= 4 is 39.1 Å². The average Bonchev–Trinajstić information content (AvgIpc) is 2.84. The molecule has 1 heterocycles. The first-order valence-corrected chi connectivity index (χ1v) is 8.67. The first-order valence-electron chi connectivity index (χ1n) is 5.76. The van der Waals surface area contributed by atoms with E-state index in [1.165, 1.54) is 6.07 Å². The number of benzene rings is 1. The summed E-state index contributed by atoms with van der Waals surface area (Å²) >= 11 is 7.32. The lowest BCUT2D eigenvalue weighted by Crippen LogP contribution is -2.30. The zero-order valence-corrected chi connectivity index (χ0v) is 12.4. The van der Waals surface area contributed by atoms with Crippen molar-refractivity contribution in [3.05, 3.63) is 23.0 Å². The Kier molecular flexibility index (Phi) is 4.60. The molecule has 106 valence electrons. The molecule has 1 aliphatic heterocycles. The van der Waals surface area contributed by atoms with Gasteiger partial charge in [0.2, 0.25) is 10.0 Å². The number of hydrogen-bond donors (Lipinski definition) is 2. The Labute approximate surface area is 120 Å². The van der Waals surface area contributed by atoms with E-state index in [0.29, 0.717) is 6.54 Å². The molecule has 1 aromatic rings. The second kappa shape index (κ2) is 5.87. The minimum atomic E-state index is -3.93. The van der Waals surface area contributed by atoms with E-state index in [-0.39, 0.29) is 16.0 Å². The number of rotatable bonds is 4. The summed E-state index contributed by atoms with van der Waals surface area (Å²) in [6.45, 7) is 0.291. The molecule has 19 heavy (non-hydrogen) atoms. The van der Waals surface area contributed by atoms with Gasteiger partial charge in [-0.1, -0.05) is 11.6 Å². The molecular formula is C11H14ClFN2O2S2. The lowest BCUT2D eigenvalue weighted by Gasteiger charge is -2.12. The van der Waals surface area contributed by atoms with Crippen LogP contribution in [0.15, 0.2) is 17.0 Å². The molecule has 4 nitrogen and oxygen atoms in total. The number of hydrogen-bond acceptors (Lipinski definition) is 4. The summed E-state index contributed by atoms with van der Waals surface area (Å²) in [6.07, 6.45) is 2.04. The predicted octanol–water partition coefficient (Wildman–Crippen LogP) is 2.24. The third-order valence-corrected chi connectivity index (χ3v) is 5.93. The van der Waals surface area contributed by atoms with E-state index in [1.807, 2.05) is 0 Å². The van der Waals surface area contributed by atoms with Gasteiger partial charge in [0, 0.05) is 17.5 Å². The number of thioether (sulfide) groups is 1. The van der Waals surface area contributed by atoms with Crippen LogP contribution in [-0.4, -0.2) is 26.0 Å². The number of sulfonamides is 1. The van der Waals surface area contributed by atoms with Gasteiger partial charge in [-0.25, -0.2) is 17.5 Å². The van der Waals surface area contributed by atoms with Crippen molar-refractivity contribution in [1.29, 1.82) is 0 Å². The maximum absolute atomic E-state index is 13.8. The van der Waals surface area contributed by atoms with E-state index in [4.69, 9.17) is 17.3 Å². The summed E-state index contributed by atoms with van der Waals surface area (Å²) in [5, 5.41) is -0.0509. The first-order chi connectivity index (χ1) is 8.90. The van der Waals surface area contributed by atoms with Crippen molar-refractivity contribution in [1.82, 2.24) is 4.72 Å². The Bertz CT molecular complexity index is 574. The number of nitrogens with one attached hydrogen (secondary N) is 1. The van der Waals surface area contributed by atoms with E-state index in [2.05, 4.69) is 4.72 Å². The summed E-state index contributed by atoms with van der Waals surface area (Å²) in [5.74, 6) is 0.0626. The third-order valence-electron chi connectivity index (χ3n) is 2.83. The molecule has 1 aliphatic rings. The van der Waals surface area contributed by atoms with E-state index < -0.39 is 20.7 Å². The lowest BCUT2D eigenvalue weighted by molar-refractivity contribution is 0.556. The molecule has 0 bridgehead atoms. The Morgan fingerprint density at radius 1 is 1.53 bits per heavy atom. The first kappa shape index (κ1) is 14.9. The van der Waals surface area contributed by atoms with E-state index in [1.54, 1.807) is 11.8 Å². The van der Waals surface area contributed by atoms with Gasteiger partial charge in [-0.3, -0.25) is 0 Å². The van der Waals surface area contributed by atoms with Crippen LogP contribution in [0, 0.1) is 5.82 Å². The van der Waals surface area contributed by atoms with Gasteiger partial charge in [0.1, 0.15) is 4.90 Å². The molecule has 1 unspecified atom stereocenters. The van der Waals surface area contributed by atoms with Crippen molar-refractivity contribution < 1.29 is 12.8 Å². The van der Waals surface area contributed by atoms with Crippen molar-refractivity contribution in [3.63, 3.8) is 0 Å². The number of nitrogen functional groups attached to an aromatic ring is 1. The molecule has 0 aliphatic carbocycles. The summed E-state index contributed by atoms with van der Waals surface area (Å²) < 4.78 is 40.3. The van der Waals surface area contributed by atoms with Crippen LogP contribution < -0.4 is 10.5 Å². The molecule has 1 aromatic carbocycles. The average molecular weight is 325 g/mol. The molecular weight excluding hydrogens is 311 g/mol. The minimum absolute atomic E-state index is 0.113. The van der Waals surface area contributed by atoms with Gasteiger partial charge in [-0.2, -0.15) is 11.8 Å². The second-order valence-corrected chi connectivity index (χ2v) is 7.85. The fraction of sp³-hybridized carbons (Fsp3) is 0.455. The van der Waals surface area contributed by atoms with Crippen LogP contribution in [0.4, 0.5) is 10.1 Å². The SMILES string of the molecule is Nc1cc(Cl)c(F)c(S(=O)(=O)NCC2CCCS2)c1. The van der Waals surface area contributed by atoms with Gasteiger partial charge in [-0.05, 0) is 30.7 Å². The third kappa shape index (κ3) is 3.53. The molecule has 0 spiro atoms. The highest BCUT2D eigenvalue weighted by Crippen LogP contribution is 2.28. The fourth-order valence-electron chi connectivity index (χ4n) is 1.87. The fourth-order valence-corrected chi connectivity index (χ4v) is 4.67. The van der Waals surface area contributed by atoms with Crippen molar-refractivity contribution in [2.75, 3.05) is 18.0 Å². The van der Waals surface area contributed by atoms with Crippen molar-refractivity contribution in [3.8, 4) is 0 Å². The maximum Gasteiger partial charge on any atom is 0.243 e. The van der Waals surface area contributed by atoms with Gasteiger partial charge in [-0.15, -0.1) is 0 Å². The molecule has 8 heteroatoms. The van der Waals surface area contributed by atoms with Crippen molar-refractivity contribution in [2.45, 2.75) is 23.0 Å². The highest BCUT2D eigenvalue weighted by molar-refractivity contribution is 8.00. The normalized spacial score (nSPS) is 19.8. The van der Waals surface area contributed by atoms with E-state index in [9.17, 15) is 12.8 Å². The minimum Gasteiger partial charge on any atom is -0.399 e.